The summed E-state index contributed by atoms with van der Waals surface area (Å²) in [6.07, 6.45) is 0. The lowest BCUT2D eigenvalue weighted by molar-refractivity contribution is 0.961. The minimum atomic E-state index is 0.574. The van der Waals surface area contributed by atoms with Crippen LogP contribution in [0.4, 0.5) is 0 Å². The minimum Gasteiger partial charge on any atom is -0.326 e. The molecule has 0 atom stereocenters. The lowest BCUT2D eigenvalue weighted by Gasteiger charge is -2.09. The minimum absolute atomic E-state index is 0.574. The topological polar surface area (TPSA) is 30.9 Å². The van der Waals surface area contributed by atoms with Crippen molar-refractivity contribution in [3.05, 3.63) is 52.3 Å². The highest BCUT2D eigenvalue weighted by Crippen LogP contribution is 2.24. The molecule has 0 saturated carbocycles. The largest absolute Gasteiger partial charge is 0.326 e. The zero-order valence-corrected chi connectivity index (χ0v) is 10.3. The van der Waals surface area contributed by atoms with Crippen molar-refractivity contribution in [2.75, 3.05) is 0 Å². The number of hydrogen-bond acceptors (Lipinski definition) is 1. The number of aryl methyl sites for hydroxylation is 1. The van der Waals surface area contributed by atoms with E-state index in [2.05, 4.69) is 23.6 Å². The van der Waals surface area contributed by atoms with Crippen molar-refractivity contribution < 1.29 is 0 Å². The highest BCUT2D eigenvalue weighted by Gasteiger charge is 2.08. The molecule has 3 heteroatoms. The van der Waals surface area contributed by atoms with Crippen LogP contribution in [0.3, 0.4) is 0 Å². The first-order valence-electron chi connectivity index (χ1n) is 5.27. The van der Waals surface area contributed by atoms with Gasteiger partial charge in [-0.1, -0.05) is 23.7 Å². The monoisotopic (exact) mass is 234 g/mol. The van der Waals surface area contributed by atoms with E-state index >= 15 is 0 Å². The molecule has 0 aliphatic heterocycles. The molecule has 0 fully saturated rings. The molecule has 0 radical (unpaired) electrons. The number of hydrogen-bond donors (Lipinski definition) is 1. The number of benzene rings is 1. The predicted octanol–water partition coefficient (Wildman–Crippen LogP) is 3.21. The van der Waals surface area contributed by atoms with E-state index in [1.807, 2.05) is 25.1 Å². The van der Waals surface area contributed by atoms with Gasteiger partial charge in [-0.15, -0.1) is 0 Å². The van der Waals surface area contributed by atoms with Crippen molar-refractivity contribution in [1.82, 2.24) is 4.57 Å². The van der Waals surface area contributed by atoms with Gasteiger partial charge in [-0.2, -0.15) is 0 Å². The van der Waals surface area contributed by atoms with E-state index in [1.165, 1.54) is 0 Å². The van der Waals surface area contributed by atoms with Crippen LogP contribution in [0.5, 0.6) is 0 Å². The smallest absolute Gasteiger partial charge is 0.0618 e. The second-order valence-corrected chi connectivity index (χ2v) is 4.33. The van der Waals surface area contributed by atoms with Crippen LogP contribution in [0.2, 0.25) is 5.02 Å². The lowest BCUT2D eigenvalue weighted by Crippen LogP contribution is -2.00. The van der Waals surface area contributed by atoms with Crippen LogP contribution in [0, 0.1) is 13.8 Å². The molecule has 0 bridgehead atoms. The number of rotatable bonds is 2. The van der Waals surface area contributed by atoms with Crippen molar-refractivity contribution in [3.8, 4) is 5.69 Å². The first kappa shape index (κ1) is 11.2. The quantitative estimate of drug-likeness (QED) is 0.850. The standard InChI is InChI=1S/C13H15ClN2/c1-9-7-13(14)10(2)16(9)12-5-3-11(8-15)4-6-12/h3-7H,8,15H2,1-2H3. The van der Waals surface area contributed by atoms with Gasteiger partial charge in [0.15, 0.2) is 0 Å². The molecule has 0 aliphatic rings. The maximum atomic E-state index is 6.10. The number of aromatic nitrogens is 1. The summed E-state index contributed by atoms with van der Waals surface area (Å²) >= 11 is 6.10. The summed E-state index contributed by atoms with van der Waals surface area (Å²) < 4.78 is 2.14. The third-order valence-corrected chi connectivity index (χ3v) is 3.18. The van der Waals surface area contributed by atoms with E-state index in [-0.39, 0.29) is 0 Å². The van der Waals surface area contributed by atoms with E-state index in [4.69, 9.17) is 17.3 Å². The highest BCUT2D eigenvalue weighted by molar-refractivity contribution is 6.31. The summed E-state index contributed by atoms with van der Waals surface area (Å²) in [6.45, 7) is 4.65. The molecule has 1 aromatic heterocycles. The number of nitrogens with zero attached hydrogens (tertiary/aromatic N) is 1. The fourth-order valence-electron chi connectivity index (χ4n) is 1.90. The van der Waals surface area contributed by atoms with E-state index in [9.17, 15) is 0 Å². The Morgan fingerprint density at radius 1 is 1.19 bits per heavy atom. The summed E-state index contributed by atoms with van der Waals surface area (Å²) in [5.41, 5.74) is 10.0. The molecule has 0 amide bonds. The lowest BCUT2D eigenvalue weighted by atomic mass is 10.2. The fourth-order valence-corrected chi connectivity index (χ4v) is 2.14. The van der Waals surface area contributed by atoms with Crippen LogP contribution in [0.25, 0.3) is 5.69 Å². The van der Waals surface area contributed by atoms with Gasteiger partial charge in [0.1, 0.15) is 0 Å². The molecule has 16 heavy (non-hydrogen) atoms. The van der Waals surface area contributed by atoms with Gasteiger partial charge in [0, 0.05) is 23.6 Å². The first-order valence-corrected chi connectivity index (χ1v) is 5.65. The average molecular weight is 235 g/mol. The second kappa shape index (κ2) is 4.32. The van der Waals surface area contributed by atoms with Gasteiger partial charge in [0.25, 0.3) is 0 Å². The van der Waals surface area contributed by atoms with Gasteiger partial charge in [-0.05, 0) is 37.6 Å². The van der Waals surface area contributed by atoms with E-state index in [0.29, 0.717) is 6.54 Å². The summed E-state index contributed by atoms with van der Waals surface area (Å²) in [7, 11) is 0. The molecule has 2 rings (SSSR count). The molecule has 84 valence electrons. The van der Waals surface area contributed by atoms with Crippen molar-refractivity contribution in [2.24, 2.45) is 5.73 Å². The van der Waals surface area contributed by atoms with Gasteiger partial charge < -0.3 is 10.3 Å². The normalized spacial score (nSPS) is 10.8. The van der Waals surface area contributed by atoms with Crippen LogP contribution in [-0.4, -0.2) is 4.57 Å². The average Bonchev–Trinajstić information content (AvgIpc) is 2.54. The third kappa shape index (κ3) is 1.86. The zero-order valence-electron chi connectivity index (χ0n) is 9.50. The Morgan fingerprint density at radius 2 is 1.81 bits per heavy atom. The molecule has 2 N–H and O–H groups in total. The van der Waals surface area contributed by atoms with Crippen LogP contribution in [0.1, 0.15) is 17.0 Å². The molecule has 0 unspecified atom stereocenters. The maximum Gasteiger partial charge on any atom is 0.0618 e. The van der Waals surface area contributed by atoms with E-state index in [1.54, 1.807) is 0 Å². The summed E-state index contributed by atoms with van der Waals surface area (Å²) in [5.74, 6) is 0. The van der Waals surface area contributed by atoms with E-state index in [0.717, 1.165) is 27.7 Å². The summed E-state index contributed by atoms with van der Waals surface area (Å²) in [5, 5.41) is 0.806. The van der Waals surface area contributed by atoms with Crippen LogP contribution in [-0.2, 0) is 6.54 Å². The molecule has 0 saturated heterocycles. The Balaban J connectivity index is 2.50. The Labute approximate surface area is 101 Å². The molecule has 0 aliphatic carbocycles. The zero-order chi connectivity index (χ0) is 11.7. The van der Waals surface area contributed by atoms with Gasteiger partial charge in [-0.3, -0.25) is 0 Å². The van der Waals surface area contributed by atoms with Crippen molar-refractivity contribution >= 4 is 11.6 Å². The van der Waals surface area contributed by atoms with Gasteiger partial charge in [0.05, 0.1) is 5.02 Å². The Bertz CT molecular complexity index is 497. The van der Waals surface area contributed by atoms with E-state index < -0.39 is 0 Å². The summed E-state index contributed by atoms with van der Waals surface area (Å²) in [4.78, 5) is 0. The first-order chi connectivity index (χ1) is 7.63. The predicted molar refractivity (Wildman–Crippen MR) is 68.1 cm³/mol. The van der Waals surface area contributed by atoms with Crippen molar-refractivity contribution in [2.45, 2.75) is 20.4 Å². The maximum absolute atomic E-state index is 6.10. The Kier molecular flexibility index (Phi) is 3.03. The molecular formula is C13H15ClN2. The van der Waals surface area contributed by atoms with Crippen LogP contribution < -0.4 is 5.73 Å². The SMILES string of the molecule is Cc1cc(Cl)c(C)n1-c1ccc(CN)cc1. The van der Waals surface area contributed by atoms with Gasteiger partial charge in [-0.25, -0.2) is 0 Å². The molecule has 1 heterocycles. The number of halogens is 1. The molecule has 1 aromatic carbocycles. The fraction of sp³-hybridized carbons (Fsp3) is 0.231. The number of nitrogens with two attached hydrogens (primary N) is 1. The van der Waals surface area contributed by atoms with Gasteiger partial charge >= 0.3 is 0 Å². The summed E-state index contributed by atoms with van der Waals surface area (Å²) in [6, 6.07) is 10.2. The molecule has 2 aromatic rings. The molecular weight excluding hydrogens is 220 g/mol. The van der Waals surface area contributed by atoms with Crippen LogP contribution in [0.15, 0.2) is 30.3 Å². The van der Waals surface area contributed by atoms with Crippen molar-refractivity contribution in [1.29, 1.82) is 0 Å². The third-order valence-electron chi connectivity index (χ3n) is 2.80. The molecule has 2 nitrogen and oxygen atoms in total. The van der Waals surface area contributed by atoms with Gasteiger partial charge in [0.2, 0.25) is 0 Å². The van der Waals surface area contributed by atoms with Crippen molar-refractivity contribution in [3.63, 3.8) is 0 Å². The molecule has 0 spiro atoms. The Hall–Kier alpha value is -1.25. The van der Waals surface area contributed by atoms with Crippen LogP contribution >= 0.6 is 11.6 Å². The highest BCUT2D eigenvalue weighted by atomic mass is 35.5. The second-order valence-electron chi connectivity index (χ2n) is 3.93. The Morgan fingerprint density at radius 3 is 2.25 bits per heavy atom.